The molecular formula is C20H24BN5. The van der Waals surface area contributed by atoms with Gasteiger partial charge in [0.2, 0.25) is 0 Å². The summed E-state index contributed by atoms with van der Waals surface area (Å²) >= 11 is 0. The molecule has 0 saturated carbocycles. The van der Waals surface area contributed by atoms with Gasteiger partial charge in [0, 0.05) is 49.6 Å². The molecule has 0 unspecified atom stereocenters. The molecule has 0 bridgehead atoms. The molecule has 0 aliphatic carbocycles. The standard InChI is InChI=1S/C20H24BN5/c1-20(2)6-9-26(13-20)19-10-16(18-5-8-25(3)24-18)17(12-23-19)15-4-7-21(11-15)14-22/h4-5,8,10,12H,6-7,9,11,13H2,1-3H3. The summed E-state index contributed by atoms with van der Waals surface area (Å²) in [7, 11) is 1.94. The normalized spacial score (nSPS) is 18.9. The fourth-order valence-electron chi connectivity index (χ4n) is 3.99. The molecule has 5 nitrogen and oxygen atoms in total. The number of allylic oxidation sites excluding steroid dienone is 2. The molecule has 0 radical (unpaired) electrons. The maximum absolute atomic E-state index is 9.24. The number of nitriles is 1. The topological polar surface area (TPSA) is 57.7 Å². The van der Waals surface area contributed by atoms with Gasteiger partial charge in [-0.25, -0.2) is 10.2 Å². The van der Waals surface area contributed by atoms with Crippen molar-refractivity contribution >= 4 is 18.1 Å². The van der Waals surface area contributed by atoms with Crippen molar-refractivity contribution in [1.29, 1.82) is 5.26 Å². The van der Waals surface area contributed by atoms with Crippen molar-refractivity contribution in [2.24, 2.45) is 12.5 Å². The minimum atomic E-state index is 0.0839. The summed E-state index contributed by atoms with van der Waals surface area (Å²) in [4.78, 5) is 7.15. The van der Waals surface area contributed by atoms with Crippen molar-refractivity contribution in [1.82, 2.24) is 14.8 Å². The molecule has 2 aliphatic heterocycles. The van der Waals surface area contributed by atoms with Crippen LogP contribution in [0.4, 0.5) is 5.82 Å². The fraction of sp³-hybridized carbons (Fsp3) is 0.450. The number of aromatic nitrogens is 3. The smallest absolute Gasteiger partial charge is 0.276 e. The second kappa shape index (κ2) is 6.32. The van der Waals surface area contributed by atoms with Gasteiger partial charge < -0.3 is 4.90 Å². The molecule has 0 amide bonds. The van der Waals surface area contributed by atoms with E-state index in [4.69, 9.17) is 4.98 Å². The molecule has 2 aromatic heterocycles. The third-order valence-electron chi connectivity index (χ3n) is 5.52. The Morgan fingerprint density at radius 3 is 2.77 bits per heavy atom. The third-order valence-corrected chi connectivity index (χ3v) is 5.52. The molecule has 0 spiro atoms. The van der Waals surface area contributed by atoms with E-state index in [2.05, 4.69) is 42.0 Å². The van der Waals surface area contributed by atoms with Crippen molar-refractivity contribution in [3.8, 4) is 17.2 Å². The van der Waals surface area contributed by atoms with Crippen LogP contribution in [-0.2, 0) is 7.05 Å². The lowest BCUT2D eigenvalue weighted by Gasteiger charge is -2.22. The van der Waals surface area contributed by atoms with Gasteiger partial charge in [0.25, 0.3) is 6.71 Å². The molecule has 2 aliphatic rings. The zero-order chi connectivity index (χ0) is 18.3. The summed E-state index contributed by atoms with van der Waals surface area (Å²) in [5.74, 6) is 3.42. The highest BCUT2D eigenvalue weighted by atomic mass is 15.2. The van der Waals surface area contributed by atoms with Crippen LogP contribution in [0.2, 0.25) is 12.6 Å². The summed E-state index contributed by atoms with van der Waals surface area (Å²) in [6.45, 7) is 6.78. The van der Waals surface area contributed by atoms with Gasteiger partial charge in [-0.2, -0.15) is 5.10 Å². The van der Waals surface area contributed by atoms with Crippen molar-refractivity contribution < 1.29 is 0 Å². The molecule has 0 N–H and O–H groups in total. The number of aryl methyl sites for hydroxylation is 1. The van der Waals surface area contributed by atoms with Crippen LogP contribution in [0.5, 0.6) is 0 Å². The molecular weight excluding hydrogens is 321 g/mol. The van der Waals surface area contributed by atoms with Gasteiger partial charge in [0.15, 0.2) is 0 Å². The summed E-state index contributed by atoms with van der Waals surface area (Å²) < 4.78 is 1.83. The van der Waals surface area contributed by atoms with Crippen LogP contribution < -0.4 is 4.90 Å². The minimum absolute atomic E-state index is 0.0839. The summed E-state index contributed by atoms with van der Waals surface area (Å²) in [6.07, 6.45) is 8.96. The second-order valence-electron chi connectivity index (χ2n) is 8.29. The van der Waals surface area contributed by atoms with Gasteiger partial charge in [-0.1, -0.05) is 19.9 Å². The Bertz CT molecular complexity index is 905. The third kappa shape index (κ3) is 3.14. The number of hydrogen-bond acceptors (Lipinski definition) is 4. The Hall–Kier alpha value is -2.55. The summed E-state index contributed by atoms with van der Waals surface area (Å²) in [6, 6.07) is 4.23. The Kier molecular flexibility index (Phi) is 4.10. The van der Waals surface area contributed by atoms with Crippen LogP contribution >= 0.6 is 0 Å². The summed E-state index contributed by atoms with van der Waals surface area (Å²) in [5, 5.41) is 13.9. The first kappa shape index (κ1) is 16.9. The van der Waals surface area contributed by atoms with E-state index in [0.717, 1.165) is 48.4 Å². The van der Waals surface area contributed by atoms with Gasteiger partial charge in [-0.15, -0.1) is 0 Å². The average Bonchev–Trinajstić information content (AvgIpc) is 3.34. The second-order valence-corrected chi connectivity index (χ2v) is 8.29. The van der Waals surface area contributed by atoms with Gasteiger partial charge in [-0.3, -0.25) is 4.68 Å². The van der Waals surface area contributed by atoms with Crippen LogP contribution in [0.25, 0.3) is 16.8 Å². The van der Waals surface area contributed by atoms with Gasteiger partial charge >= 0.3 is 0 Å². The fourth-order valence-corrected chi connectivity index (χ4v) is 3.99. The average molecular weight is 345 g/mol. The van der Waals surface area contributed by atoms with E-state index in [1.165, 1.54) is 12.0 Å². The minimum Gasteiger partial charge on any atom is -0.356 e. The molecule has 4 rings (SSSR count). The maximum atomic E-state index is 9.24. The zero-order valence-electron chi connectivity index (χ0n) is 15.7. The number of rotatable bonds is 3. The monoisotopic (exact) mass is 345 g/mol. The van der Waals surface area contributed by atoms with Gasteiger partial charge in [-0.05, 0) is 42.2 Å². The Morgan fingerprint density at radius 1 is 1.31 bits per heavy atom. The van der Waals surface area contributed by atoms with Crippen molar-refractivity contribution in [2.45, 2.75) is 32.9 Å². The highest BCUT2D eigenvalue weighted by Crippen LogP contribution is 2.38. The Balaban J connectivity index is 1.74. The van der Waals surface area contributed by atoms with E-state index in [9.17, 15) is 5.26 Å². The lowest BCUT2D eigenvalue weighted by molar-refractivity contribution is 0.418. The first-order valence-electron chi connectivity index (χ1n) is 9.29. The van der Waals surface area contributed by atoms with Gasteiger partial charge in [0.1, 0.15) is 5.82 Å². The van der Waals surface area contributed by atoms with E-state index in [1.807, 2.05) is 30.2 Å². The van der Waals surface area contributed by atoms with Crippen LogP contribution in [0.15, 0.2) is 30.6 Å². The van der Waals surface area contributed by atoms with Crippen molar-refractivity contribution in [3.63, 3.8) is 0 Å². The Labute approximate surface area is 155 Å². The quantitative estimate of drug-likeness (QED) is 0.797. The zero-order valence-corrected chi connectivity index (χ0v) is 15.7. The molecule has 0 atom stereocenters. The predicted molar refractivity (Wildman–Crippen MR) is 106 cm³/mol. The molecule has 0 aromatic carbocycles. The lowest BCUT2D eigenvalue weighted by atomic mass is 9.49. The highest BCUT2D eigenvalue weighted by molar-refractivity contribution is 6.70. The molecule has 1 saturated heterocycles. The van der Waals surface area contributed by atoms with Gasteiger partial charge in [0.05, 0.1) is 5.69 Å². The lowest BCUT2D eigenvalue weighted by Crippen LogP contribution is -2.23. The SMILES string of the molecule is Cn1ccc(-c2cc(N3CCC(C)(C)C3)ncc2C2=CCB(C#N)C2)n1. The van der Waals surface area contributed by atoms with Crippen molar-refractivity contribution in [3.05, 3.63) is 36.2 Å². The number of anilines is 1. The maximum Gasteiger partial charge on any atom is 0.276 e. The van der Waals surface area contributed by atoms with Crippen LogP contribution in [0.3, 0.4) is 0 Å². The molecule has 26 heavy (non-hydrogen) atoms. The molecule has 2 aromatic rings. The molecule has 132 valence electrons. The van der Waals surface area contributed by atoms with Crippen LogP contribution in [-0.4, -0.2) is 34.6 Å². The molecule has 4 heterocycles. The predicted octanol–water partition coefficient (Wildman–Crippen LogP) is 3.67. The largest absolute Gasteiger partial charge is 0.356 e. The highest BCUT2D eigenvalue weighted by Gasteiger charge is 2.31. The number of pyridine rings is 1. The van der Waals surface area contributed by atoms with Crippen LogP contribution in [0, 0.1) is 16.6 Å². The number of hydrogen-bond donors (Lipinski definition) is 0. The first-order chi connectivity index (χ1) is 12.4. The Morgan fingerprint density at radius 2 is 2.15 bits per heavy atom. The number of nitrogens with zero attached hydrogens (tertiary/aromatic N) is 5. The summed E-state index contributed by atoms with van der Waals surface area (Å²) in [5.41, 5.74) is 4.75. The van der Waals surface area contributed by atoms with E-state index < -0.39 is 0 Å². The van der Waals surface area contributed by atoms with E-state index in [1.54, 1.807) is 0 Å². The first-order valence-corrected chi connectivity index (χ1v) is 9.29. The van der Waals surface area contributed by atoms with E-state index in [-0.39, 0.29) is 6.71 Å². The molecule has 6 heteroatoms. The van der Waals surface area contributed by atoms with Crippen molar-refractivity contribution in [2.75, 3.05) is 18.0 Å². The van der Waals surface area contributed by atoms with E-state index >= 15 is 0 Å². The van der Waals surface area contributed by atoms with E-state index in [0.29, 0.717) is 5.41 Å². The molecule has 1 fully saturated rings. The van der Waals surface area contributed by atoms with Crippen LogP contribution in [0.1, 0.15) is 25.8 Å².